The van der Waals surface area contributed by atoms with E-state index in [-0.39, 0.29) is 11.7 Å². The van der Waals surface area contributed by atoms with Gasteiger partial charge in [-0.05, 0) is 51.3 Å². The molecule has 1 aliphatic rings. The Morgan fingerprint density at radius 3 is 2.75 bits per heavy atom. The number of benzene rings is 1. The van der Waals surface area contributed by atoms with Gasteiger partial charge in [0.25, 0.3) is 0 Å². The molecule has 0 saturated carbocycles. The van der Waals surface area contributed by atoms with E-state index in [0.29, 0.717) is 6.04 Å². The maximum absolute atomic E-state index is 6.14. The smallest absolute Gasteiger partial charge is 0.0772 e. The number of aryl methyl sites for hydroxylation is 1. The molecule has 20 heavy (non-hydrogen) atoms. The number of methoxy groups -OCH3 is 1. The van der Waals surface area contributed by atoms with Crippen molar-refractivity contribution in [2.24, 2.45) is 0 Å². The van der Waals surface area contributed by atoms with Gasteiger partial charge in [-0.25, -0.2) is 0 Å². The van der Waals surface area contributed by atoms with Crippen LogP contribution in [0.15, 0.2) is 24.3 Å². The van der Waals surface area contributed by atoms with Crippen LogP contribution in [0.4, 0.5) is 0 Å². The normalized spacial score (nSPS) is 22.6. The van der Waals surface area contributed by atoms with Crippen molar-refractivity contribution in [3.05, 3.63) is 35.4 Å². The zero-order valence-corrected chi connectivity index (χ0v) is 13.1. The van der Waals surface area contributed by atoms with Crippen molar-refractivity contribution in [3.8, 4) is 0 Å². The molecule has 0 fully saturated rings. The summed E-state index contributed by atoms with van der Waals surface area (Å²) in [5.41, 5.74) is 2.73. The molecular formula is C17H27NO2. The second kappa shape index (κ2) is 6.70. The lowest BCUT2D eigenvalue weighted by Crippen LogP contribution is -2.37. The second-order valence-corrected chi connectivity index (χ2v) is 6.13. The lowest BCUT2D eigenvalue weighted by atomic mass is 9.85. The van der Waals surface area contributed by atoms with Gasteiger partial charge in [0.15, 0.2) is 0 Å². The molecule has 0 radical (unpaired) electrons. The van der Waals surface area contributed by atoms with E-state index < -0.39 is 0 Å². The third kappa shape index (κ3) is 3.60. The summed E-state index contributed by atoms with van der Waals surface area (Å²) < 4.78 is 11.6. The molecule has 0 saturated heterocycles. The molecule has 1 aromatic rings. The maximum atomic E-state index is 6.14. The number of hydrogen-bond acceptors (Lipinski definition) is 3. The van der Waals surface area contributed by atoms with Crippen molar-refractivity contribution in [2.75, 3.05) is 20.8 Å². The Morgan fingerprint density at radius 2 is 2.05 bits per heavy atom. The van der Waals surface area contributed by atoms with Crippen LogP contribution in [-0.4, -0.2) is 32.5 Å². The number of likely N-dealkylation sites (N-methyl/N-ethyl adjacent to an activating group) is 1. The topological polar surface area (TPSA) is 30.5 Å². The molecule has 1 aromatic carbocycles. The molecule has 1 aliphatic carbocycles. The van der Waals surface area contributed by atoms with Crippen LogP contribution >= 0.6 is 0 Å². The van der Waals surface area contributed by atoms with Crippen LogP contribution in [0.3, 0.4) is 0 Å². The molecule has 0 spiro atoms. The van der Waals surface area contributed by atoms with Gasteiger partial charge >= 0.3 is 0 Å². The molecule has 1 N–H and O–H groups in total. The summed E-state index contributed by atoms with van der Waals surface area (Å²) >= 11 is 0. The Morgan fingerprint density at radius 1 is 1.30 bits per heavy atom. The fraction of sp³-hybridized carbons (Fsp3) is 0.647. The zero-order valence-electron chi connectivity index (χ0n) is 13.1. The van der Waals surface area contributed by atoms with Gasteiger partial charge in [-0.3, -0.25) is 0 Å². The first kappa shape index (κ1) is 15.5. The number of ether oxygens (including phenoxy) is 2. The Labute approximate surface area is 122 Å². The van der Waals surface area contributed by atoms with Gasteiger partial charge < -0.3 is 14.8 Å². The van der Waals surface area contributed by atoms with Crippen LogP contribution in [0.2, 0.25) is 0 Å². The van der Waals surface area contributed by atoms with Crippen molar-refractivity contribution >= 4 is 0 Å². The highest BCUT2D eigenvalue weighted by atomic mass is 16.5. The molecule has 2 unspecified atom stereocenters. The Bertz CT molecular complexity index is 431. The fourth-order valence-corrected chi connectivity index (χ4v) is 2.81. The molecule has 0 heterocycles. The summed E-state index contributed by atoms with van der Waals surface area (Å²) in [4.78, 5) is 0. The third-order valence-corrected chi connectivity index (χ3v) is 4.36. The summed E-state index contributed by atoms with van der Waals surface area (Å²) in [7, 11) is 3.77. The van der Waals surface area contributed by atoms with Crippen LogP contribution in [-0.2, 0) is 15.9 Å². The van der Waals surface area contributed by atoms with Crippen LogP contribution < -0.4 is 5.32 Å². The molecule has 112 valence electrons. The highest BCUT2D eigenvalue weighted by Gasteiger charge is 2.29. The third-order valence-electron chi connectivity index (χ3n) is 4.36. The van der Waals surface area contributed by atoms with Crippen LogP contribution in [0.5, 0.6) is 0 Å². The Hall–Kier alpha value is -0.900. The predicted octanol–water partition coefficient (Wildman–Crippen LogP) is 3.09. The number of fused-ring (bicyclic) bond motifs is 1. The van der Waals surface area contributed by atoms with E-state index in [1.165, 1.54) is 11.1 Å². The van der Waals surface area contributed by atoms with Gasteiger partial charge in [-0.1, -0.05) is 24.3 Å². The molecule has 0 aromatic heterocycles. The van der Waals surface area contributed by atoms with Crippen molar-refractivity contribution < 1.29 is 9.47 Å². The number of rotatable bonds is 6. The minimum absolute atomic E-state index is 0.109. The van der Waals surface area contributed by atoms with E-state index >= 15 is 0 Å². The Kier molecular flexibility index (Phi) is 5.19. The highest BCUT2D eigenvalue weighted by Crippen LogP contribution is 2.31. The van der Waals surface area contributed by atoms with E-state index in [4.69, 9.17) is 9.47 Å². The van der Waals surface area contributed by atoms with Gasteiger partial charge in [0.1, 0.15) is 0 Å². The van der Waals surface area contributed by atoms with E-state index in [0.717, 1.165) is 25.9 Å². The zero-order chi connectivity index (χ0) is 14.6. The summed E-state index contributed by atoms with van der Waals surface area (Å²) in [6.45, 7) is 4.94. The fourth-order valence-electron chi connectivity index (χ4n) is 2.81. The van der Waals surface area contributed by atoms with Crippen molar-refractivity contribution in [1.29, 1.82) is 0 Å². The first-order valence-electron chi connectivity index (χ1n) is 7.49. The molecule has 0 bridgehead atoms. The van der Waals surface area contributed by atoms with Crippen LogP contribution in [0.1, 0.15) is 43.9 Å². The summed E-state index contributed by atoms with van der Waals surface area (Å²) in [6.07, 6.45) is 3.35. The van der Waals surface area contributed by atoms with E-state index in [1.54, 1.807) is 7.11 Å². The summed E-state index contributed by atoms with van der Waals surface area (Å²) in [5, 5.41) is 3.42. The first-order valence-corrected chi connectivity index (χ1v) is 7.49. The SMILES string of the molecule is CNC1c2ccccc2CCC1OCCC(C)(C)OC. The average Bonchev–Trinajstić information content (AvgIpc) is 2.46. The van der Waals surface area contributed by atoms with Crippen molar-refractivity contribution in [2.45, 2.75) is 50.9 Å². The Balaban J connectivity index is 1.96. The molecule has 3 nitrogen and oxygen atoms in total. The van der Waals surface area contributed by atoms with Gasteiger partial charge in [0.2, 0.25) is 0 Å². The van der Waals surface area contributed by atoms with Crippen molar-refractivity contribution in [3.63, 3.8) is 0 Å². The van der Waals surface area contributed by atoms with Crippen LogP contribution in [0, 0.1) is 0 Å². The number of nitrogens with one attached hydrogen (secondary N) is 1. The summed E-state index contributed by atoms with van der Waals surface area (Å²) in [6, 6.07) is 8.97. The minimum atomic E-state index is -0.109. The standard InChI is InChI=1S/C17H27NO2/c1-17(2,19-4)11-12-20-15-10-9-13-7-5-6-8-14(13)16(15)18-3/h5-8,15-16,18H,9-12H2,1-4H3. The molecule has 2 rings (SSSR count). The first-order chi connectivity index (χ1) is 9.57. The summed E-state index contributed by atoms with van der Waals surface area (Å²) in [5.74, 6) is 0. The van der Waals surface area contributed by atoms with Crippen molar-refractivity contribution in [1.82, 2.24) is 5.32 Å². The minimum Gasteiger partial charge on any atom is -0.379 e. The van der Waals surface area contributed by atoms with Gasteiger partial charge in [-0.15, -0.1) is 0 Å². The molecule has 0 aliphatic heterocycles. The largest absolute Gasteiger partial charge is 0.379 e. The van der Waals surface area contributed by atoms with Gasteiger partial charge in [0, 0.05) is 13.7 Å². The van der Waals surface area contributed by atoms with Gasteiger partial charge in [-0.2, -0.15) is 0 Å². The van der Waals surface area contributed by atoms with Crippen LogP contribution in [0.25, 0.3) is 0 Å². The lowest BCUT2D eigenvalue weighted by Gasteiger charge is -2.34. The predicted molar refractivity (Wildman–Crippen MR) is 82.0 cm³/mol. The quantitative estimate of drug-likeness (QED) is 0.866. The van der Waals surface area contributed by atoms with E-state index in [1.807, 2.05) is 7.05 Å². The second-order valence-electron chi connectivity index (χ2n) is 6.13. The molecular weight excluding hydrogens is 250 g/mol. The molecule has 2 atom stereocenters. The maximum Gasteiger partial charge on any atom is 0.0772 e. The van der Waals surface area contributed by atoms with E-state index in [9.17, 15) is 0 Å². The highest BCUT2D eigenvalue weighted by molar-refractivity contribution is 5.33. The van der Waals surface area contributed by atoms with Gasteiger partial charge in [0.05, 0.1) is 17.7 Å². The molecule has 0 amide bonds. The van der Waals surface area contributed by atoms with E-state index in [2.05, 4.69) is 43.4 Å². The monoisotopic (exact) mass is 277 g/mol. The lowest BCUT2D eigenvalue weighted by molar-refractivity contribution is -0.0383. The molecule has 3 heteroatoms. The number of hydrogen-bond donors (Lipinski definition) is 1. The average molecular weight is 277 g/mol.